The maximum absolute atomic E-state index is 13.6. The SMILES string of the molecule is Cc1ccccc1CO[P@@](=O)(N[C@@H](C)C(=O)OC(C)C)OCC1OC(n2cnc(N)nc2=O)C(O)C1O. The summed E-state index contributed by atoms with van der Waals surface area (Å²) in [6.07, 6.45) is -5.03. The van der Waals surface area contributed by atoms with E-state index in [0.717, 1.165) is 22.0 Å². The van der Waals surface area contributed by atoms with E-state index in [2.05, 4.69) is 15.1 Å². The minimum atomic E-state index is -4.20. The van der Waals surface area contributed by atoms with E-state index in [1.165, 1.54) is 6.92 Å². The first-order chi connectivity index (χ1) is 17.4. The molecule has 0 radical (unpaired) electrons. The molecule has 0 saturated carbocycles. The van der Waals surface area contributed by atoms with Gasteiger partial charge in [0.15, 0.2) is 6.23 Å². The van der Waals surface area contributed by atoms with E-state index in [9.17, 15) is 24.4 Å². The lowest BCUT2D eigenvalue weighted by atomic mass is 10.1. The van der Waals surface area contributed by atoms with Crippen LogP contribution < -0.4 is 16.5 Å². The molecule has 1 saturated heterocycles. The van der Waals surface area contributed by atoms with Crippen LogP contribution in [0.25, 0.3) is 0 Å². The first-order valence-electron chi connectivity index (χ1n) is 11.5. The van der Waals surface area contributed by atoms with E-state index in [4.69, 9.17) is 24.3 Å². The van der Waals surface area contributed by atoms with Gasteiger partial charge in [-0.05, 0) is 38.8 Å². The number of ether oxygens (including phenoxy) is 2. The smallest absolute Gasteiger partial charge is 0.406 e. The number of benzene rings is 1. The monoisotopic (exact) mass is 541 g/mol. The number of aryl methyl sites for hydroxylation is 1. The zero-order chi connectivity index (χ0) is 27.3. The highest BCUT2D eigenvalue weighted by molar-refractivity contribution is 7.51. The predicted molar refractivity (Wildman–Crippen MR) is 130 cm³/mol. The Labute approximate surface area is 213 Å². The predicted octanol–water partition coefficient (Wildman–Crippen LogP) is 0.419. The number of nitrogens with zero attached hydrogens (tertiary/aromatic N) is 3. The number of hydrogen-bond donors (Lipinski definition) is 4. The number of rotatable bonds is 11. The van der Waals surface area contributed by atoms with Gasteiger partial charge in [0.1, 0.15) is 30.7 Å². The standard InChI is InChI=1S/C22H32N5O9P/c1-12(2)35-20(30)14(4)26-37(32,33-9-15-8-6-5-7-13(15)3)34-10-16-17(28)18(29)19(36-16)27-11-24-21(23)25-22(27)31/h5-8,11-12,14,16-19,28-29H,9-10H2,1-4H3,(H,26,32)(H2,23,25,31)/t14-,16?,17?,18?,19?,37-/m0/s1. The molecular formula is C22H32N5O9P. The average molecular weight is 541 g/mol. The third-order valence-electron chi connectivity index (χ3n) is 5.47. The highest BCUT2D eigenvalue weighted by atomic mass is 31.2. The normalized spacial score (nSPS) is 24.1. The number of aliphatic hydroxyl groups is 2. The van der Waals surface area contributed by atoms with E-state index in [0.29, 0.717) is 0 Å². The van der Waals surface area contributed by atoms with Gasteiger partial charge in [-0.3, -0.25) is 18.4 Å². The number of aromatic nitrogens is 3. The molecule has 1 aromatic heterocycles. The largest absolute Gasteiger partial charge is 0.462 e. The van der Waals surface area contributed by atoms with Gasteiger partial charge in [-0.25, -0.2) is 19.4 Å². The Morgan fingerprint density at radius 1 is 1.24 bits per heavy atom. The van der Waals surface area contributed by atoms with Crippen LogP contribution in [0.15, 0.2) is 35.4 Å². The third kappa shape index (κ3) is 7.42. The summed E-state index contributed by atoms with van der Waals surface area (Å²) >= 11 is 0. The van der Waals surface area contributed by atoms with Crippen LogP contribution in [0.1, 0.15) is 38.1 Å². The van der Waals surface area contributed by atoms with Crippen molar-refractivity contribution in [3.05, 3.63) is 52.2 Å². The number of anilines is 1. The molecule has 204 valence electrons. The minimum absolute atomic E-state index is 0.111. The minimum Gasteiger partial charge on any atom is -0.462 e. The van der Waals surface area contributed by atoms with Crippen LogP contribution in [-0.2, 0) is 34.5 Å². The molecule has 5 N–H and O–H groups in total. The number of nitrogens with one attached hydrogen (secondary N) is 1. The lowest BCUT2D eigenvalue weighted by molar-refractivity contribution is -0.149. The van der Waals surface area contributed by atoms with Gasteiger partial charge in [0.2, 0.25) is 5.95 Å². The lowest BCUT2D eigenvalue weighted by Gasteiger charge is -2.25. The number of nitrogen functional groups attached to an aromatic ring is 1. The van der Waals surface area contributed by atoms with Gasteiger partial charge < -0.3 is 25.4 Å². The number of esters is 1. The van der Waals surface area contributed by atoms with Crippen LogP contribution in [0.3, 0.4) is 0 Å². The van der Waals surface area contributed by atoms with Crippen LogP contribution in [0.2, 0.25) is 0 Å². The summed E-state index contributed by atoms with van der Waals surface area (Å²) in [4.78, 5) is 31.6. The summed E-state index contributed by atoms with van der Waals surface area (Å²) in [7, 11) is -4.20. The fourth-order valence-electron chi connectivity index (χ4n) is 3.46. The molecule has 37 heavy (non-hydrogen) atoms. The zero-order valence-corrected chi connectivity index (χ0v) is 21.8. The summed E-state index contributed by atoms with van der Waals surface area (Å²) in [6.45, 7) is 6.00. The van der Waals surface area contributed by atoms with Gasteiger partial charge in [0, 0.05) is 0 Å². The maximum atomic E-state index is 13.6. The first-order valence-corrected chi connectivity index (χ1v) is 13.1. The van der Waals surface area contributed by atoms with Crippen molar-refractivity contribution in [2.45, 2.75) is 71.0 Å². The van der Waals surface area contributed by atoms with E-state index in [1.54, 1.807) is 26.0 Å². The molecule has 14 nitrogen and oxygen atoms in total. The van der Waals surface area contributed by atoms with Gasteiger partial charge in [-0.2, -0.15) is 4.98 Å². The molecule has 0 spiro atoms. The fraction of sp³-hybridized carbons (Fsp3) is 0.545. The second-order valence-electron chi connectivity index (χ2n) is 8.78. The molecule has 15 heteroatoms. The summed E-state index contributed by atoms with van der Waals surface area (Å²) in [5, 5.41) is 23.5. The summed E-state index contributed by atoms with van der Waals surface area (Å²) < 4.78 is 36.4. The topological polar surface area (TPSA) is 197 Å². The molecule has 1 fully saturated rings. The second-order valence-corrected chi connectivity index (χ2v) is 10.5. The van der Waals surface area contributed by atoms with Gasteiger partial charge in [0.25, 0.3) is 0 Å². The molecule has 0 bridgehead atoms. The highest BCUT2D eigenvalue weighted by Gasteiger charge is 2.45. The van der Waals surface area contributed by atoms with Crippen molar-refractivity contribution >= 4 is 19.7 Å². The molecule has 2 heterocycles. The first kappa shape index (κ1) is 28.9. The maximum Gasteiger partial charge on any atom is 0.406 e. The molecule has 1 aliphatic heterocycles. The molecule has 6 atom stereocenters. The van der Waals surface area contributed by atoms with Crippen molar-refractivity contribution in [2.75, 3.05) is 12.3 Å². The van der Waals surface area contributed by atoms with Crippen LogP contribution in [-0.4, -0.2) is 67.8 Å². The second kappa shape index (κ2) is 12.2. The van der Waals surface area contributed by atoms with Crippen LogP contribution >= 0.6 is 7.75 Å². The van der Waals surface area contributed by atoms with Crippen molar-refractivity contribution in [1.82, 2.24) is 19.6 Å². The lowest BCUT2D eigenvalue weighted by Crippen LogP contribution is -2.38. The molecule has 1 aliphatic rings. The molecule has 1 aromatic carbocycles. The van der Waals surface area contributed by atoms with E-state index in [1.807, 2.05) is 19.1 Å². The van der Waals surface area contributed by atoms with Crippen LogP contribution in [0.5, 0.6) is 0 Å². The Morgan fingerprint density at radius 2 is 1.95 bits per heavy atom. The van der Waals surface area contributed by atoms with Crippen molar-refractivity contribution in [1.29, 1.82) is 0 Å². The van der Waals surface area contributed by atoms with E-state index >= 15 is 0 Å². The van der Waals surface area contributed by atoms with Gasteiger partial charge >= 0.3 is 19.4 Å². The van der Waals surface area contributed by atoms with E-state index < -0.39 is 62.7 Å². The molecule has 0 amide bonds. The zero-order valence-electron chi connectivity index (χ0n) is 20.9. The third-order valence-corrected chi connectivity index (χ3v) is 7.14. The van der Waals surface area contributed by atoms with E-state index in [-0.39, 0.29) is 12.6 Å². The van der Waals surface area contributed by atoms with Gasteiger partial charge in [-0.15, -0.1) is 0 Å². The van der Waals surface area contributed by atoms with Crippen molar-refractivity contribution in [3.63, 3.8) is 0 Å². The number of carbonyl (C=O) groups excluding carboxylic acids is 1. The molecule has 3 rings (SSSR count). The number of aliphatic hydroxyl groups excluding tert-OH is 2. The molecule has 0 aliphatic carbocycles. The Morgan fingerprint density at radius 3 is 2.59 bits per heavy atom. The quantitative estimate of drug-likeness (QED) is 0.226. The molecular weight excluding hydrogens is 509 g/mol. The van der Waals surface area contributed by atoms with Crippen LogP contribution in [0.4, 0.5) is 5.95 Å². The Kier molecular flexibility index (Phi) is 9.53. The summed E-state index contributed by atoms with van der Waals surface area (Å²) in [6, 6.07) is 6.21. The number of nitrogens with two attached hydrogens (primary N) is 1. The molecule has 4 unspecified atom stereocenters. The van der Waals surface area contributed by atoms with Crippen molar-refractivity contribution in [2.24, 2.45) is 0 Å². The Balaban J connectivity index is 1.74. The summed E-state index contributed by atoms with van der Waals surface area (Å²) in [5.41, 5.74) is 6.16. The molecule has 2 aromatic rings. The van der Waals surface area contributed by atoms with Crippen molar-refractivity contribution < 1.29 is 38.1 Å². The Hall–Kier alpha value is -2.71. The summed E-state index contributed by atoms with van der Waals surface area (Å²) in [5.74, 6) is -0.939. The highest BCUT2D eigenvalue weighted by Crippen LogP contribution is 2.46. The average Bonchev–Trinajstić information content (AvgIpc) is 3.10. The number of carbonyl (C=O) groups is 1. The fourth-order valence-corrected chi connectivity index (χ4v) is 4.92. The van der Waals surface area contributed by atoms with Gasteiger partial charge in [-0.1, -0.05) is 24.3 Å². The Bertz CT molecular complexity index is 1190. The van der Waals surface area contributed by atoms with Crippen LogP contribution in [0, 0.1) is 6.92 Å². The number of hydrogen-bond acceptors (Lipinski definition) is 12. The van der Waals surface area contributed by atoms with Gasteiger partial charge in [0.05, 0.1) is 19.3 Å². The van der Waals surface area contributed by atoms with Crippen molar-refractivity contribution in [3.8, 4) is 0 Å².